The van der Waals surface area contributed by atoms with Gasteiger partial charge in [0.1, 0.15) is 17.5 Å². The third-order valence-corrected chi connectivity index (χ3v) is 2.74. The normalized spacial score (nSPS) is 11.4. The average molecular weight is 303 g/mol. The number of nitrogen functional groups attached to an aromatic ring is 1. The van der Waals surface area contributed by atoms with Crippen molar-refractivity contribution in [2.45, 2.75) is 13.1 Å². The molecule has 8 heteroatoms. The van der Waals surface area contributed by atoms with Gasteiger partial charge in [0, 0.05) is 6.07 Å². The molecule has 0 bridgehead atoms. The van der Waals surface area contributed by atoms with E-state index in [9.17, 15) is 13.2 Å². The Labute approximate surface area is 117 Å². The number of nitrogens with zero attached hydrogens (tertiary/aromatic N) is 2. The first-order valence-corrected chi connectivity index (χ1v) is 5.88. The highest BCUT2D eigenvalue weighted by Gasteiger charge is 2.31. The molecular weight excluding hydrogens is 293 g/mol. The van der Waals surface area contributed by atoms with Crippen LogP contribution in [0.1, 0.15) is 11.4 Å². The van der Waals surface area contributed by atoms with Gasteiger partial charge in [-0.2, -0.15) is 13.2 Å². The van der Waals surface area contributed by atoms with Crippen molar-refractivity contribution in [3.05, 3.63) is 40.7 Å². The minimum absolute atomic E-state index is 0.0963. The third-order valence-electron chi connectivity index (χ3n) is 2.41. The van der Waals surface area contributed by atoms with Crippen molar-refractivity contribution in [2.24, 2.45) is 0 Å². The molecule has 0 aliphatic carbocycles. The van der Waals surface area contributed by atoms with E-state index in [2.05, 4.69) is 15.3 Å². The molecule has 0 amide bonds. The largest absolute Gasteiger partial charge is 0.416 e. The van der Waals surface area contributed by atoms with Gasteiger partial charge < -0.3 is 11.1 Å². The summed E-state index contributed by atoms with van der Waals surface area (Å²) in [5, 5.41) is 2.85. The number of rotatable bonds is 2. The number of hydrogen-bond donors (Lipinski definition) is 2. The fourth-order valence-corrected chi connectivity index (χ4v) is 1.75. The number of aryl methyl sites for hydroxylation is 1. The van der Waals surface area contributed by atoms with E-state index in [1.807, 2.05) is 0 Å². The van der Waals surface area contributed by atoms with Gasteiger partial charge in [-0.15, -0.1) is 0 Å². The van der Waals surface area contributed by atoms with Gasteiger partial charge in [0.2, 0.25) is 0 Å². The number of alkyl halides is 3. The Kier molecular flexibility index (Phi) is 3.71. The molecule has 1 aromatic heterocycles. The van der Waals surface area contributed by atoms with Crippen LogP contribution in [-0.2, 0) is 6.18 Å². The van der Waals surface area contributed by atoms with Gasteiger partial charge in [0.25, 0.3) is 0 Å². The van der Waals surface area contributed by atoms with E-state index in [4.69, 9.17) is 17.3 Å². The minimum Gasteiger partial charge on any atom is -0.384 e. The van der Waals surface area contributed by atoms with Gasteiger partial charge >= 0.3 is 6.18 Å². The van der Waals surface area contributed by atoms with Gasteiger partial charge in [0.05, 0.1) is 16.3 Å². The number of anilines is 3. The van der Waals surface area contributed by atoms with Crippen LogP contribution < -0.4 is 11.1 Å². The molecule has 1 aromatic carbocycles. The van der Waals surface area contributed by atoms with Crippen LogP contribution in [0, 0.1) is 6.92 Å². The molecule has 0 radical (unpaired) electrons. The highest BCUT2D eigenvalue weighted by molar-refractivity contribution is 6.33. The second kappa shape index (κ2) is 5.16. The van der Waals surface area contributed by atoms with Gasteiger partial charge in [-0.1, -0.05) is 11.6 Å². The molecule has 0 spiro atoms. The zero-order valence-corrected chi connectivity index (χ0v) is 11.0. The van der Waals surface area contributed by atoms with E-state index >= 15 is 0 Å². The molecule has 106 valence electrons. The fourth-order valence-electron chi connectivity index (χ4n) is 1.59. The summed E-state index contributed by atoms with van der Waals surface area (Å²) in [5.41, 5.74) is 4.84. The Morgan fingerprint density at radius 1 is 1.20 bits per heavy atom. The molecule has 20 heavy (non-hydrogen) atoms. The van der Waals surface area contributed by atoms with Gasteiger partial charge in [0.15, 0.2) is 0 Å². The van der Waals surface area contributed by atoms with Crippen molar-refractivity contribution in [3.63, 3.8) is 0 Å². The lowest BCUT2D eigenvalue weighted by atomic mass is 10.2. The Bertz CT molecular complexity index is 623. The van der Waals surface area contributed by atoms with Gasteiger partial charge in [-0.3, -0.25) is 0 Å². The second-order valence-corrected chi connectivity index (χ2v) is 4.45. The van der Waals surface area contributed by atoms with Crippen LogP contribution in [0.15, 0.2) is 24.3 Å². The number of nitrogens with two attached hydrogens (primary N) is 1. The summed E-state index contributed by atoms with van der Waals surface area (Å²) in [7, 11) is 0. The smallest absolute Gasteiger partial charge is 0.384 e. The summed E-state index contributed by atoms with van der Waals surface area (Å²) >= 11 is 5.87. The van der Waals surface area contributed by atoms with Gasteiger partial charge in [-0.05, 0) is 25.1 Å². The minimum atomic E-state index is -4.44. The number of benzene rings is 1. The summed E-state index contributed by atoms with van der Waals surface area (Å²) in [4.78, 5) is 7.89. The average Bonchev–Trinajstić information content (AvgIpc) is 2.29. The lowest BCUT2D eigenvalue weighted by Crippen LogP contribution is -2.06. The monoisotopic (exact) mass is 302 g/mol. The summed E-state index contributed by atoms with van der Waals surface area (Å²) in [6.45, 7) is 1.62. The SMILES string of the molecule is Cc1nc(N)cc(Nc2cc(C(F)(F)F)ccc2Cl)n1. The van der Waals surface area contributed by atoms with E-state index in [0.717, 1.165) is 12.1 Å². The number of nitrogens with one attached hydrogen (secondary N) is 1. The third kappa shape index (κ3) is 3.30. The fraction of sp³-hybridized carbons (Fsp3) is 0.167. The lowest BCUT2D eigenvalue weighted by Gasteiger charge is -2.12. The predicted molar refractivity (Wildman–Crippen MR) is 70.9 cm³/mol. The molecule has 4 nitrogen and oxygen atoms in total. The lowest BCUT2D eigenvalue weighted by molar-refractivity contribution is -0.137. The highest BCUT2D eigenvalue weighted by atomic mass is 35.5. The summed E-state index contributed by atoms with van der Waals surface area (Å²) < 4.78 is 38.0. The van der Waals surface area contributed by atoms with Crippen LogP contribution >= 0.6 is 11.6 Å². The molecular formula is C12H10ClF3N4. The Morgan fingerprint density at radius 2 is 1.90 bits per heavy atom. The van der Waals surface area contributed by atoms with Crippen LogP contribution in [-0.4, -0.2) is 9.97 Å². The Hall–Kier alpha value is -2.02. The molecule has 0 aliphatic rings. The van der Waals surface area contributed by atoms with Crippen LogP contribution in [0.4, 0.5) is 30.5 Å². The molecule has 2 aromatic rings. The molecule has 3 N–H and O–H groups in total. The molecule has 2 rings (SSSR count). The summed E-state index contributed by atoms with van der Waals surface area (Å²) in [6.07, 6.45) is -4.44. The zero-order valence-electron chi connectivity index (χ0n) is 10.3. The maximum absolute atomic E-state index is 12.7. The Morgan fingerprint density at radius 3 is 2.50 bits per heavy atom. The number of hydrogen-bond acceptors (Lipinski definition) is 4. The van der Waals surface area contributed by atoms with Crippen molar-refractivity contribution in [1.29, 1.82) is 0 Å². The maximum atomic E-state index is 12.7. The molecule has 0 fully saturated rings. The number of halogens is 4. The van der Waals surface area contributed by atoms with Crippen LogP contribution in [0.3, 0.4) is 0 Å². The van der Waals surface area contributed by atoms with E-state index in [0.29, 0.717) is 5.82 Å². The van der Waals surface area contributed by atoms with Crippen molar-refractivity contribution in [2.75, 3.05) is 11.1 Å². The zero-order chi connectivity index (χ0) is 14.9. The van der Waals surface area contributed by atoms with E-state index in [-0.39, 0.29) is 22.3 Å². The van der Waals surface area contributed by atoms with Crippen LogP contribution in [0.5, 0.6) is 0 Å². The first kappa shape index (κ1) is 14.4. The molecule has 0 aliphatic heterocycles. The summed E-state index contributed by atoms with van der Waals surface area (Å²) in [5.74, 6) is 0.884. The molecule has 0 saturated heterocycles. The van der Waals surface area contributed by atoms with Crippen LogP contribution in [0.25, 0.3) is 0 Å². The molecule has 0 saturated carbocycles. The first-order valence-electron chi connectivity index (χ1n) is 5.50. The quantitative estimate of drug-likeness (QED) is 0.886. The highest BCUT2D eigenvalue weighted by Crippen LogP contribution is 2.34. The maximum Gasteiger partial charge on any atom is 0.416 e. The first-order chi connectivity index (χ1) is 9.25. The summed E-state index contributed by atoms with van der Waals surface area (Å²) in [6, 6.07) is 4.40. The van der Waals surface area contributed by atoms with Crippen molar-refractivity contribution in [1.82, 2.24) is 9.97 Å². The molecule has 0 atom stereocenters. The molecule has 1 heterocycles. The van der Waals surface area contributed by atoms with Crippen molar-refractivity contribution >= 4 is 28.9 Å². The van der Waals surface area contributed by atoms with Crippen LogP contribution in [0.2, 0.25) is 5.02 Å². The number of aromatic nitrogens is 2. The standard InChI is InChI=1S/C12H10ClF3N4/c1-6-18-10(17)5-11(19-6)20-9-4-7(12(14,15)16)2-3-8(9)13/h2-5H,1H3,(H3,17,18,19,20). The Balaban J connectivity index is 2.37. The van der Waals surface area contributed by atoms with E-state index in [1.54, 1.807) is 6.92 Å². The molecule has 0 unspecified atom stereocenters. The van der Waals surface area contributed by atoms with Gasteiger partial charge in [-0.25, -0.2) is 9.97 Å². The topological polar surface area (TPSA) is 63.8 Å². The second-order valence-electron chi connectivity index (χ2n) is 4.04. The van der Waals surface area contributed by atoms with E-state index < -0.39 is 11.7 Å². The predicted octanol–water partition coefficient (Wildman–Crippen LogP) is 3.78. The van der Waals surface area contributed by atoms with E-state index in [1.165, 1.54) is 12.1 Å². The van der Waals surface area contributed by atoms with Crippen molar-refractivity contribution in [3.8, 4) is 0 Å². The van der Waals surface area contributed by atoms with Crippen molar-refractivity contribution < 1.29 is 13.2 Å².